The van der Waals surface area contributed by atoms with E-state index in [1.54, 1.807) is 0 Å². The molecule has 0 aliphatic carbocycles. The van der Waals surface area contributed by atoms with E-state index in [0.29, 0.717) is 6.54 Å². The van der Waals surface area contributed by atoms with Crippen molar-refractivity contribution in [2.24, 2.45) is 5.73 Å². The van der Waals surface area contributed by atoms with Crippen LogP contribution in [0.25, 0.3) is 5.52 Å². The number of nitrogens with zero attached hydrogens (tertiary/aromatic N) is 4. The maximum absolute atomic E-state index is 5.58. The van der Waals surface area contributed by atoms with Crippen molar-refractivity contribution in [1.82, 2.24) is 19.6 Å². The van der Waals surface area contributed by atoms with E-state index in [4.69, 9.17) is 5.73 Å². The van der Waals surface area contributed by atoms with E-state index >= 15 is 0 Å². The standard InChI is InChI=1S/C11H17N5/c1-3-8-9-7-13-10(4-2)15-16(9)11(14-8)5-6-12/h7H,3-6,12H2,1-2H3. The van der Waals surface area contributed by atoms with Crippen LogP contribution in [0.2, 0.25) is 0 Å². The summed E-state index contributed by atoms with van der Waals surface area (Å²) >= 11 is 0. The fourth-order valence-electron chi connectivity index (χ4n) is 1.75. The van der Waals surface area contributed by atoms with Gasteiger partial charge in [-0.15, -0.1) is 0 Å². The van der Waals surface area contributed by atoms with Crippen molar-refractivity contribution in [2.75, 3.05) is 6.54 Å². The fourth-order valence-corrected chi connectivity index (χ4v) is 1.75. The summed E-state index contributed by atoms with van der Waals surface area (Å²) in [5.74, 6) is 1.78. The second kappa shape index (κ2) is 4.57. The largest absolute Gasteiger partial charge is 0.330 e. The highest BCUT2D eigenvalue weighted by molar-refractivity contribution is 5.50. The van der Waals surface area contributed by atoms with Crippen molar-refractivity contribution in [3.05, 3.63) is 23.5 Å². The lowest BCUT2D eigenvalue weighted by molar-refractivity contribution is 0.747. The second-order valence-corrected chi connectivity index (χ2v) is 3.69. The molecule has 0 atom stereocenters. The highest BCUT2D eigenvalue weighted by Gasteiger charge is 2.11. The molecule has 0 saturated heterocycles. The molecule has 0 unspecified atom stereocenters. The van der Waals surface area contributed by atoms with Crippen LogP contribution in [-0.4, -0.2) is 26.1 Å². The zero-order valence-corrected chi connectivity index (χ0v) is 9.77. The van der Waals surface area contributed by atoms with Gasteiger partial charge in [-0.25, -0.2) is 14.5 Å². The average molecular weight is 219 g/mol. The zero-order valence-electron chi connectivity index (χ0n) is 9.77. The van der Waals surface area contributed by atoms with Crippen LogP contribution in [0.4, 0.5) is 0 Å². The van der Waals surface area contributed by atoms with Crippen LogP contribution in [0.1, 0.15) is 31.2 Å². The Bertz CT molecular complexity index is 488. The Kier molecular flexibility index (Phi) is 3.14. The summed E-state index contributed by atoms with van der Waals surface area (Å²) in [4.78, 5) is 8.86. The predicted molar refractivity (Wildman–Crippen MR) is 62.3 cm³/mol. The smallest absolute Gasteiger partial charge is 0.149 e. The SMILES string of the molecule is CCc1ncc2c(CC)nc(CCN)n2n1. The number of aromatic nitrogens is 4. The van der Waals surface area contributed by atoms with Crippen molar-refractivity contribution in [3.8, 4) is 0 Å². The molecule has 0 aromatic carbocycles. The summed E-state index contributed by atoms with van der Waals surface area (Å²) in [5, 5.41) is 4.47. The molecule has 5 nitrogen and oxygen atoms in total. The molecule has 16 heavy (non-hydrogen) atoms. The van der Waals surface area contributed by atoms with Gasteiger partial charge in [-0.1, -0.05) is 13.8 Å². The molecule has 2 rings (SSSR count). The van der Waals surface area contributed by atoms with Crippen LogP contribution in [-0.2, 0) is 19.3 Å². The van der Waals surface area contributed by atoms with Crippen molar-refractivity contribution in [1.29, 1.82) is 0 Å². The van der Waals surface area contributed by atoms with E-state index in [2.05, 4.69) is 22.0 Å². The van der Waals surface area contributed by atoms with Gasteiger partial charge in [0.2, 0.25) is 0 Å². The van der Waals surface area contributed by atoms with Crippen LogP contribution in [0.3, 0.4) is 0 Å². The Hall–Kier alpha value is -1.49. The topological polar surface area (TPSA) is 69.1 Å². The number of fused-ring (bicyclic) bond motifs is 1. The van der Waals surface area contributed by atoms with Gasteiger partial charge in [-0.2, -0.15) is 5.10 Å². The average Bonchev–Trinajstić information content (AvgIpc) is 2.67. The van der Waals surface area contributed by atoms with E-state index in [9.17, 15) is 0 Å². The molecule has 0 aliphatic rings. The number of aryl methyl sites for hydroxylation is 2. The van der Waals surface area contributed by atoms with Crippen molar-refractivity contribution in [2.45, 2.75) is 33.1 Å². The van der Waals surface area contributed by atoms with Gasteiger partial charge in [-0.05, 0) is 13.0 Å². The molecule has 0 radical (unpaired) electrons. The van der Waals surface area contributed by atoms with Gasteiger partial charge in [0, 0.05) is 12.8 Å². The Morgan fingerprint density at radius 1 is 1.31 bits per heavy atom. The molecule has 2 aromatic heterocycles. The van der Waals surface area contributed by atoms with E-state index in [0.717, 1.165) is 42.1 Å². The summed E-state index contributed by atoms with van der Waals surface area (Å²) in [5.41, 5.74) is 7.63. The second-order valence-electron chi connectivity index (χ2n) is 3.69. The first-order chi connectivity index (χ1) is 7.80. The molecule has 0 saturated carbocycles. The third-order valence-electron chi connectivity index (χ3n) is 2.60. The Morgan fingerprint density at radius 2 is 2.12 bits per heavy atom. The van der Waals surface area contributed by atoms with Crippen LogP contribution in [0.5, 0.6) is 0 Å². The minimum absolute atomic E-state index is 0.591. The monoisotopic (exact) mass is 219 g/mol. The number of nitrogens with two attached hydrogens (primary N) is 1. The predicted octanol–water partition coefficient (Wildman–Crippen LogP) is 0.750. The van der Waals surface area contributed by atoms with Crippen LogP contribution >= 0.6 is 0 Å². The first-order valence-corrected chi connectivity index (χ1v) is 5.72. The van der Waals surface area contributed by atoms with Gasteiger partial charge in [0.1, 0.15) is 17.2 Å². The molecule has 0 aliphatic heterocycles. The molecule has 0 spiro atoms. The molecule has 0 fully saturated rings. The molecule has 86 valence electrons. The third kappa shape index (κ3) is 1.78. The summed E-state index contributed by atoms with van der Waals surface area (Å²) in [6.45, 7) is 4.72. The van der Waals surface area contributed by atoms with E-state index in [-0.39, 0.29) is 0 Å². The molecule has 0 bridgehead atoms. The van der Waals surface area contributed by atoms with Crippen LogP contribution < -0.4 is 5.73 Å². The lowest BCUT2D eigenvalue weighted by atomic mass is 10.3. The van der Waals surface area contributed by atoms with Gasteiger partial charge in [0.15, 0.2) is 0 Å². The maximum atomic E-state index is 5.58. The van der Waals surface area contributed by atoms with Crippen molar-refractivity contribution < 1.29 is 0 Å². The highest BCUT2D eigenvalue weighted by atomic mass is 15.3. The van der Waals surface area contributed by atoms with Gasteiger partial charge in [0.25, 0.3) is 0 Å². The first-order valence-electron chi connectivity index (χ1n) is 5.72. The van der Waals surface area contributed by atoms with Crippen LogP contribution in [0, 0.1) is 0 Å². The molecule has 2 N–H and O–H groups in total. The lowest BCUT2D eigenvalue weighted by Gasteiger charge is -2.00. The highest BCUT2D eigenvalue weighted by Crippen LogP contribution is 2.12. The van der Waals surface area contributed by atoms with Gasteiger partial charge >= 0.3 is 0 Å². The molecule has 2 aromatic rings. The maximum Gasteiger partial charge on any atom is 0.149 e. The van der Waals surface area contributed by atoms with Crippen molar-refractivity contribution in [3.63, 3.8) is 0 Å². The summed E-state index contributed by atoms with van der Waals surface area (Å²) in [6.07, 6.45) is 4.33. The first kappa shape index (κ1) is 11.0. The molecular formula is C11H17N5. The molecule has 2 heterocycles. The van der Waals surface area contributed by atoms with E-state index < -0.39 is 0 Å². The van der Waals surface area contributed by atoms with Gasteiger partial charge < -0.3 is 5.73 Å². The third-order valence-corrected chi connectivity index (χ3v) is 2.60. The minimum atomic E-state index is 0.591. The number of hydrogen-bond donors (Lipinski definition) is 1. The van der Waals surface area contributed by atoms with E-state index in [1.807, 2.05) is 17.6 Å². The van der Waals surface area contributed by atoms with Gasteiger partial charge in [-0.3, -0.25) is 0 Å². The number of imidazole rings is 1. The Morgan fingerprint density at radius 3 is 2.75 bits per heavy atom. The minimum Gasteiger partial charge on any atom is -0.330 e. The quantitative estimate of drug-likeness (QED) is 0.824. The summed E-state index contributed by atoms with van der Waals surface area (Å²) < 4.78 is 1.89. The summed E-state index contributed by atoms with van der Waals surface area (Å²) in [6, 6.07) is 0. The van der Waals surface area contributed by atoms with Crippen molar-refractivity contribution >= 4 is 5.52 Å². The number of hydrogen-bond acceptors (Lipinski definition) is 4. The zero-order chi connectivity index (χ0) is 11.5. The van der Waals surface area contributed by atoms with Gasteiger partial charge in [0.05, 0.1) is 11.9 Å². The van der Waals surface area contributed by atoms with E-state index in [1.165, 1.54) is 0 Å². The molecule has 5 heteroatoms. The number of rotatable bonds is 4. The van der Waals surface area contributed by atoms with Crippen LogP contribution in [0.15, 0.2) is 6.20 Å². The molecular weight excluding hydrogens is 202 g/mol. The fraction of sp³-hybridized carbons (Fsp3) is 0.545. The Balaban J connectivity index is 2.60. The Labute approximate surface area is 94.7 Å². The normalized spacial score (nSPS) is 11.2. The lowest BCUT2D eigenvalue weighted by Crippen LogP contribution is -2.09. The summed E-state index contributed by atoms with van der Waals surface area (Å²) in [7, 11) is 0. The molecule has 0 amide bonds.